The van der Waals surface area contributed by atoms with E-state index in [-0.39, 0.29) is 18.5 Å². The quantitative estimate of drug-likeness (QED) is 0.826. The molecule has 1 aromatic rings. The van der Waals surface area contributed by atoms with Crippen LogP contribution in [0.2, 0.25) is 0 Å². The molecular weight excluding hydrogens is 260 g/mol. The van der Waals surface area contributed by atoms with Gasteiger partial charge in [-0.05, 0) is 25.0 Å². The molecule has 0 aliphatic heterocycles. The maximum absolute atomic E-state index is 12.6. The number of benzene rings is 1. The van der Waals surface area contributed by atoms with Crippen molar-refractivity contribution in [3.8, 4) is 0 Å². The van der Waals surface area contributed by atoms with Gasteiger partial charge in [0.1, 0.15) is 0 Å². The zero-order valence-corrected chi connectivity index (χ0v) is 11.6. The maximum Gasteiger partial charge on any atom is 0.255 e. The van der Waals surface area contributed by atoms with Crippen molar-refractivity contribution >= 4 is 24.4 Å². The minimum atomic E-state index is -0.475. The van der Waals surface area contributed by atoms with Gasteiger partial charge in [-0.2, -0.15) is 0 Å². The van der Waals surface area contributed by atoms with Gasteiger partial charge in [0, 0.05) is 10.9 Å². The summed E-state index contributed by atoms with van der Waals surface area (Å²) in [7, 11) is 0. The van der Waals surface area contributed by atoms with Gasteiger partial charge in [0.15, 0.2) is 0 Å². The molecule has 1 fully saturated rings. The van der Waals surface area contributed by atoms with Crippen molar-refractivity contribution in [2.75, 3.05) is 6.54 Å². The minimum Gasteiger partial charge on any atom is -0.368 e. The molecule has 4 nitrogen and oxygen atoms in total. The van der Waals surface area contributed by atoms with Gasteiger partial charge in [0.2, 0.25) is 5.91 Å². The Morgan fingerprint density at radius 2 is 1.89 bits per heavy atom. The van der Waals surface area contributed by atoms with E-state index in [0.717, 1.165) is 25.7 Å². The third-order valence-corrected chi connectivity index (χ3v) is 3.88. The van der Waals surface area contributed by atoms with E-state index in [1.54, 1.807) is 23.1 Å². The lowest BCUT2D eigenvalue weighted by molar-refractivity contribution is -0.119. The molecule has 102 valence electrons. The van der Waals surface area contributed by atoms with Crippen LogP contribution in [0.1, 0.15) is 36.0 Å². The van der Waals surface area contributed by atoms with Gasteiger partial charge >= 0.3 is 0 Å². The summed E-state index contributed by atoms with van der Waals surface area (Å²) in [5.74, 6) is -0.631. The molecular formula is C14H18N2O2S. The lowest BCUT2D eigenvalue weighted by atomic mass is 10.1. The number of carbonyl (C=O) groups is 2. The summed E-state index contributed by atoms with van der Waals surface area (Å²) in [6.07, 6.45) is 4.06. The third-order valence-electron chi connectivity index (χ3n) is 3.49. The monoisotopic (exact) mass is 278 g/mol. The summed E-state index contributed by atoms with van der Waals surface area (Å²) in [4.78, 5) is 26.0. The Labute approximate surface area is 118 Å². The Kier molecular flexibility index (Phi) is 4.47. The van der Waals surface area contributed by atoms with Gasteiger partial charge < -0.3 is 10.6 Å². The van der Waals surface area contributed by atoms with Crippen molar-refractivity contribution in [3.05, 3.63) is 29.8 Å². The second-order valence-corrected chi connectivity index (χ2v) is 5.34. The second-order valence-electron chi connectivity index (χ2n) is 4.85. The number of hydrogen-bond donors (Lipinski definition) is 2. The Hall–Kier alpha value is -1.49. The van der Waals surface area contributed by atoms with Crippen LogP contribution in [0.15, 0.2) is 29.2 Å². The number of hydrogen-bond acceptors (Lipinski definition) is 3. The predicted molar refractivity (Wildman–Crippen MR) is 76.2 cm³/mol. The van der Waals surface area contributed by atoms with E-state index >= 15 is 0 Å². The lowest BCUT2D eigenvalue weighted by Gasteiger charge is -2.28. The lowest BCUT2D eigenvalue weighted by Crippen LogP contribution is -2.44. The number of nitrogens with two attached hydrogens (primary N) is 1. The summed E-state index contributed by atoms with van der Waals surface area (Å²) in [5, 5.41) is 0. The van der Waals surface area contributed by atoms with E-state index in [9.17, 15) is 9.59 Å². The fourth-order valence-electron chi connectivity index (χ4n) is 2.56. The molecule has 19 heavy (non-hydrogen) atoms. The van der Waals surface area contributed by atoms with Gasteiger partial charge in [-0.1, -0.05) is 25.0 Å². The van der Waals surface area contributed by atoms with Crippen LogP contribution in [0.25, 0.3) is 0 Å². The molecule has 0 aromatic heterocycles. The van der Waals surface area contributed by atoms with Crippen LogP contribution in [0.5, 0.6) is 0 Å². The summed E-state index contributed by atoms with van der Waals surface area (Å²) in [5.41, 5.74) is 5.79. The van der Waals surface area contributed by atoms with Gasteiger partial charge in [-0.3, -0.25) is 9.59 Å². The molecule has 2 N–H and O–H groups in total. The fraction of sp³-hybridized carbons (Fsp3) is 0.429. The van der Waals surface area contributed by atoms with E-state index in [4.69, 9.17) is 5.73 Å². The van der Waals surface area contributed by atoms with Crippen molar-refractivity contribution in [1.29, 1.82) is 0 Å². The van der Waals surface area contributed by atoms with Crippen LogP contribution in [-0.2, 0) is 4.79 Å². The Morgan fingerprint density at radius 1 is 1.26 bits per heavy atom. The Balaban J connectivity index is 2.24. The summed E-state index contributed by atoms with van der Waals surface area (Å²) < 4.78 is 0. The Bertz CT molecular complexity index is 484. The molecule has 1 aliphatic rings. The van der Waals surface area contributed by atoms with Crippen molar-refractivity contribution in [2.45, 2.75) is 36.6 Å². The molecule has 0 saturated heterocycles. The first-order valence-electron chi connectivity index (χ1n) is 6.47. The number of primary amides is 1. The molecule has 0 radical (unpaired) electrons. The number of nitrogens with zero attached hydrogens (tertiary/aromatic N) is 1. The topological polar surface area (TPSA) is 63.4 Å². The molecule has 1 aromatic carbocycles. The number of amides is 2. The molecule has 1 saturated carbocycles. The van der Waals surface area contributed by atoms with Crippen molar-refractivity contribution in [2.24, 2.45) is 5.73 Å². The van der Waals surface area contributed by atoms with E-state index in [0.29, 0.717) is 10.5 Å². The molecule has 1 aliphatic carbocycles. The first-order valence-corrected chi connectivity index (χ1v) is 6.91. The molecule has 0 spiro atoms. The van der Waals surface area contributed by atoms with Crippen molar-refractivity contribution in [3.63, 3.8) is 0 Å². The maximum atomic E-state index is 12.6. The largest absolute Gasteiger partial charge is 0.368 e. The first-order chi connectivity index (χ1) is 9.09. The average Bonchev–Trinajstić information content (AvgIpc) is 2.89. The highest BCUT2D eigenvalue weighted by Crippen LogP contribution is 2.26. The third kappa shape index (κ3) is 3.29. The summed E-state index contributed by atoms with van der Waals surface area (Å²) in [6.45, 7) is -0.0222. The second kappa shape index (κ2) is 6.10. The van der Waals surface area contributed by atoms with Crippen LogP contribution >= 0.6 is 12.6 Å². The average molecular weight is 278 g/mol. The van der Waals surface area contributed by atoms with Gasteiger partial charge in [-0.15, -0.1) is 12.6 Å². The fourth-order valence-corrected chi connectivity index (χ4v) is 2.82. The van der Waals surface area contributed by atoms with Crippen LogP contribution in [-0.4, -0.2) is 29.3 Å². The molecule has 2 rings (SSSR count). The number of carbonyl (C=O) groups excluding carboxylic acids is 2. The van der Waals surface area contributed by atoms with Crippen LogP contribution in [0.3, 0.4) is 0 Å². The summed E-state index contributed by atoms with van der Waals surface area (Å²) in [6, 6.07) is 7.24. The molecule has 0 unspecified atom stereocenters. The SMILES string of the molecule is NC(=O)CN(C(=O)c1ccccc1S)C1CCCC1. The normalized spacial score (nSPS) is 15.4. The zero-order valence-electron chi connectivity index (χ0n) is 10.7. The van der Waals surface area contributed by atoms with Crippen molar-refractivity contribution in [1.82, 2.24) is 4.90 Å². The highest BCUT2D eigenvalue weighted by Gasteiger charge is 2.29. The Morgan fingerprint density at radius 3 is 2.47 bits per heavy atom. The van der Waals surface area contributed by atoms with E-state index in [2.05, 4.69) is 12.6 Å². The molecule has 0 heterocycles. The van der Waals surface area contributed by atoms with Crippen LogP contribution < -0.4 is 5.73 Å². The van der Waals surface area contributed by atoms with Gasteiger partial charge in [0.25, 0.3) is 5.91 Å². The van der Waals surface area contributed by atoms with Gasteiger partial charge in [0.05, 0.1) is 12.1 Å². The highest BCUT2D eigenvalue weighted by molar-refractivity contribution is 7.80. The minimum absolute atomic E-state index is 0.0222. The molecule has 5 heteroatoms. The molecule has 0 atom stereocenters. The van der Waals surface area contributed by atoms with Crippen LogP contribution in [0.4, 0.5) is 0 Å². The first kappa shape index (κ1) is 13.9. The van der Waals surface area contributed by atoms with E-state index in [1.807, 2.05) is 6.07 Å². The van der Waals surface area contributed by atoms with E-state index in [1.165, 1.54) is 0 Å². The van der Waals surface area contributed by atoms with Gasteiger partial charge in [-0.25, -0.2) is 0 Å². The van der Waals surface area contributed by atoms with Crippen LogP contribution in [0, 0.1) is 0 Å². The standard InChI is InChI=1S/C14H18N2O2S/c15-13(17)9-16(10-5-1-2-6-10)14(18)11-7-3-4-8-12(11)19/h3-4,7-8,10,19H,1-2,5-6,9H2,(H2,15,17). The number of rotatable bonds is 4. The predicted octanol–water partition coefficient (Wildman–Crippen LogP) is 1.85. The number of thiol groups is 1. The van der Waals surface area contributed by atoms with Crippen molar-refractivity contribution < 1.29 is 9.59 Å². The smallest absolute Gasteiger partial charge is 0.255 e. The molecule has 0 bridgehead atoms. The molecule has 2 amide bonds. The summed E-state index contributed by atoms with van der Waals surface area (Å²) >= 11 is 4.30. The highest BCUT2D eigenvalue weighted by atomic mass is 32.1. The zero-order chi connectivity index (χ0) is 13.8. The van der Waals surface area contributed by atoms with E-state index < -0.39 is 5.91 Å².